The number of aryl methyl sites for hydroxylation is 3. The number of amides is 1. The third-order valence-corrected chi connectivity index (χ3v) is 7.47. The van der Waals surface area contributed by atoms with Crippen LogP contribution in [0.15, 0.2) is 72.8 Å². The summed E-state index contributed by atoms with van der Waals surface area (Å²) in [5.74, 6) is -3.33. The van der Waals surface area contributed by atoms with Crippen LogP contribution in [0.1, 0.15) is 47.9 Å². The number of benzene rings is 3. The van der Waals surface area contributed by atoms with Crippen molar-refractivity contribution in [2.24, 2.45) is 0 Å². The van der Waals surface area contributed by atoms with Crippen LogP contribution in [0.3, 0.4) is 0 Å². The van der Waals surface area contributed by atoms with E-state index in [0.717, 1.165) is 25.7 Å². The highest BCUT2D eigenvalue weighted by Gasteiger charge is 2.37. The van der Waals surface area contributed by atoms with Crippen LogP contribution in [0.2, 0.25) is 0 Å². The highest BCUT2D eigenvalue weighted by molar-refractivity contribution is 5.88. The number of carbonyl (C=O) groups is 3. The Morgan fingerprint density at radius 3 is 2.28 bits per heavy atom. The first-order chi connectivity index (χ1) is 20.7. The number of likely N-dealkylation sites (N-methyl/N-ethyl adjacent to an activating group) is 1. The summed E-state index contributed by atoms with van der Waals surface area (Å²) < 4.78 is 10.9. The van der Waals surface area contributed by atoms with Crippen LogP contribution >= 0.6 is 0 Å². The van der Waals surface area contributed by atoms with Gasteiger partial charge < -0.3 is 24.6 Å². The summed E-state index contributed by atoms with van der Waals surface area (Å²) >= 11 is 0. The second-order valence-electron chi connectivity index (χ2n) is 10.9. The minimum Gasteiger partial charge on any atom is -0.480 e. The fourth-order valence-electron chi connectivity index (χ4n) is 4.81. The van der Waals surface area contributed by atoms with E-state index in [2.05, 4.69) is 62.4 Å². The number of carboxylic acids is 2. The average Bonchev–Trinajstić information content (AvgIpc) is 2.98. The number of carbonyl (C=O) groups excluding carboxylic acids is 1. The molecule has 2 N–H and O–H groups in total. The zero-order valence-corrected chi connectivity index (χ0v) is 25.3. The van der Waals surface area contributed by atoms with Gasteiger partial charge in [0.05, 0.1) is 0 Å². The molecule has 8 nitrogen and oxygen atoms in total. The molecule has 2 unspecified atom stereocenters. The van der Waals surface area contributed by atoms with E-state index in [9.17, 15) is 19.5 Å². The van der Waals surface area contributed by atoms with Crippen LogP contribution in [-0.2, 0) is 36.7 Å². The Morgan fingerprint density at radius 1 is 0.814 bits per heavy atom. The summed E-state index contributed by atoms with van der Waals surface area (Å²) in [7, 11) is 1.58. The van der Waals surface area contributed by atoms with Gasteiger partial charge in [0.15, 0.2) is 12.2 Å². The summed E-state index contributed by atoms with van der Waals surface area (Å²) in [5, 5.41) is 21.1. The summed E-state index contributed by atoms with van der Waals surface area (Å²) in [4.78, 5) is 37.7. The molecule has 0 aliphatic carbocycles. The van der Waals surface area contributed by atoms with Crippen molar-refractivity contribution in [1.29, 1.82) is 0 Å². The van der Waals surface area contributed by atoms with Crippen LogP contribution < -0.4 is 0 Å². The van der Waals surface area contributed by atoms with Crippen LogP contribution in [0.4, 0.5) is 0 Å². The van der Waals surface area contributed by atoms with Gasteiger partial charge in [-0.15, -0.1) is 0 Å². The fourth-order valence-corrected chi connectivity index (χ4v) is 4.81. The molecular formula is C35H43NO7. The highest BCUT2D eigenvalue weighted by Crippen LogP contribution is 2.17. The van der Waals surface area contributed by atoms with E-state index in [4.69, 9.17) is 14.6 Å². The Labute approximate surface area is 253 Å². The summed E-state index contributed by atoms with van der Waals surface area (Å²) in [6, 6.07) is 21.0. The molecule has 0 saturated heterocycles. The van der Waals surface area contributed by atoms with Crippen LogP contribution in [0.5, 0.6) is 0 Å². The summed E-state index contributed by atoms with van der Waals surface area (Å²) in [5.41, 5.74) is 4.96. The molecule has 3 aromatic rings. The van der Waals surface area contributed by atoms with E-state index in [1.807, 2.05) is 24.3 Å². The zero-order valence-electron chi connectivity index (χ0n) is 25.3. The number of rotatable bonds is 18. The van der Waals surface area contributed by atoms with Crippen molar-refractivity contribution < 1.29 is 34.1 Å². The second kappa shape index (κ2) is 17.2. The molecule has 0 saturated carbocycles. The lowest BCUT2D eigenvalue weighted by atomic mass is 10.0. The fraction of sp³-hybridized carbons (Fsp3) is 0.400. The molecule has 3 rings (SSSR count). The van der Waals surface area contributed by atoms with E-state index in [-0.39, 0.29) is 6.61 Å². The van der Waals surface area contributed by atoms with E-state index in [1.165, 1.54) is 37.9 Å². The monoisotopic (exact) mass is 589 g/mol. The predicted molar refractivity (Wildman–Crippen MR) is 167 cm³/mol. The molecule has 2 atom stereocenters. The Hall–Kier alpha value is -4.01. The third kappa shape index (κ3) is 11.0. The Morgan fingerprint density at radius 2 is 1.56 bits per heavy atom. The van der Waals surface area contributed by atoms with Gasteiger partial charge in [0.2, 0.25) is 0 Å². The molecule has 0 heterocycles. The van der Waals surface area contributed by atoms with E-state index in [1.54, 1.807) is 7.05 Å². The van der Waals surface area contributed by atoms with E-state index in [0.29, 0.717) is 19.4 Å². The first-order valence-electron chi connectivity index (χ1n) is 14.8. The van der Waals surface area contributed by atoms with Gasteiger partial charge in [-0.1, -0.05) is 79.2 Å². The van der Waals surface area contributed by atoms with Gasteiger partial charge >= 0.3 is 11.9 Å². The van der Waals surface area contributed by atoms with Gasteiger partial charge in [-0.05, 0) is 79.0 Å². The normalized spacial score (nSPS) is 12.8. The Bertz CT molecular complexity index is 1400. The lowest BCUT2D eigenvalue weighted by Gasteiger charge is -2.27. The van der Waals surface area contributed by atoms with Crippen molar-refractivity contribution in [2.45, 2.75) is 64.6 Å². The highest BCUT2D eigenvalue weighted by atomic mass is 16.6. The molecule has 1 amide bonds. The molecule has 43 heavy (non-hydrogen) atoms. The lowest BCUT2D eigenvalue weighted by Crippen LogP contribution is -2.50. The number of hydrogen-bond acceptors (Lipinski definition) is 5. The number of allylic oxidation sites excluding steroid dienone is 1. The molecular weight excluding hydrogens is 546 g/mol. The van der Waals surface area contributed by atoms with Gasteiger partial charge in [0.1, 0.15) is 6.61 Å². The molecule has 230 valence electrons. The topological polar surface area (TPSA) is 113 Å². The number of nitrogens with zero attached hydrogens (tertiary/aromatic N) is 1. The Balaban J connectivity index is 1.51. The number of hydrogen-bond donors (Lipinski definition) is 2. The minimum atomic E-state index is -1.73. The average molecular weight is 590 g/mol. The second-order valence-corrected chi connectivity index (χ2v) is 10.9. The molecule has 0 radical (unpaired) electrons. The molecule has 3 aromatic carbocycles. The summed E-state index contributed by atoms with van der Waals surface area (Å²) in [6.45, 7) is 3.83. The maximum Gasteiger partial charge on any atom is 0.336 e. The standard InChI is InChI=1S/C35H43NO7/c1-25-16-17-27(22-26(25)2)12-7-5-11-21-42-32(33(35(40)41)43-24-31(37)38)34(39)36(3)20-10-4-6-13-28-18-19-29-14-8-9-15-30(29)23-28/h4,6,8-9,14-19,22-23,32-33H,5,7,10-13,20-21,24H2,1-3H3,(H,37,38)(H,40,41). The predicted octanol–water partition coefficient (Wildman–Crippen LogP) is 5.76. The van der Waals surface area contributed by atoms with Gasteiger partial charge in [-0.2, -0.15) is 0 Å². The van der Waals surface area contributed by atoms with Gasteiger partial charge in [-0.25, -0.2) is 9.59 Å². The minimum absolute atomic E-state index is 0.156. The number of aliphatic carboxylic acids is 2. The van der Waals surface area contributed by atoms with Crippen LogP contribution in [0, 0.1) is 13.8 Å². The maximum absolute atomic E-state index is 13.3. The van der Waals surface area contributed by atoms with Gasteiger partial charge in [0.25, 0.3) is 5.91 Å². The molecule has 8 heteroatoms. The molecule has 0 aromatic heterocycles. The van der Waals surface area contributed by atoms with Crippen molar-refractivity contribution >= 4 is 28.6 Å². The third-order valence-electron chi connectivity index (χ3n) is 7.47. The maximum atomic E-state index is 13.3. The molecule has 0 bridgehead atoms. The van der Waals surface area contributed by atoms with E-state index < -0.39 is 36.7 Å². The SMILES string of the molecule is Cc1ccc(CCCCCOC(C(=O)N(C)CCC=CCc2ccc3ccccc3c2)C(OCC(=O)O)C(=O)O)cc1C. The number of unbranched alkanes of at least 4 members (excludes halogenated alkanes) is 2. The van der Waals surface area contributed by atoms with Crippen molar-refractivity contribution in [2.75, 3.05) is 26.8 Å². The van der Waals surface area contributed by atoms with Gasteiger partial charge in [-0.3, -0.25) is 4.79 Å². The number of ether oxygens (including phenoxy) is 2. The van der Waals surface area contributed by atoms with Crippen molar-refractivity contribution in [3.63, 3.8) is 0 Å². The van der Waals surface area contributed by atoms with Crippen LogP contribution in [0.25, 0.3) is 10.8 Å². The molecule has 0 spiro atoms. The molecule has 0 aliphatic rings. The van der Waals surface area contributed by atoms with Crippen molar-refractivity contribution in [3.8, 4) is 0 Å². The van der Waals surface area contributed by atoms with Crippen molar-refractivity contribution in [3.05, 3.63) is 95.1 Å². The first-order valence-corrected chi connectivity index (χ1v) is 14.8. The number of fused-ring (bicyclic) bond motifs is 1. The number of carboxylic acid groups (broad SMARTS) is 2. The molecule has 0 aliphatic heterocycles. The lowest BCUT2D eigenvalue weighted by molar-refractivity contribution is -0.175. The quantitative estimate of drug-likeness (QED) is 0.143. The van der Waals surface area contributed by atoms with Gasteiger partial charge in [0, 0.05) is 20.2 Å². The largest absolute Gasteiger partial charge is 0.480 e. The Kier molecular flexibility index (Phi) is 13.4. The first kappa shape index (κ1) is 33.5. The van der Waals surface area contributed by atoms with Crippen molar-refractivity contribution in [1.82, 2.24) is 4.90 Å². The van der Waals surface area contributed by atoms with Crippen LogP contribution in [-0.4, -0.2) is 72.0 Å². The molecule has 0 fully saturated rings. The summed E-state index contributed by atoms with van der Waals surface area (Å²) in [6.07, 6.45) is 5.46. The zero-order chi connectivity index (χ0) is 31.2. The van der Waals surface area contributed by atoms with E-state index >= 15 is 0 Å². The smallest absolute Gasteiger partial charge is 0.336 e.